The molecule has 2 aliphatic heterocycles. The van der Waals surface area contributed by atoms with Gasteiger partial charge in [0.1, 0.15) is 0 Å². The molecular formula is C16H27Cl2N3. The van der Waals surface area contributed by atoms with Gasteiger partial charge in [-0.25, -0.2) is 0 Å². The molecule has 1 aromatic heterocycles. The van der Waals surface area contributed by atoms with Crippen molar-refractivity contribution in [1.82, 2.24) is 15.2 Å². The van der Waals surface area contributed by atoms with E-state index in [1.165, 1.54) is 51.1 Å². The van der Waals surface area contributed by atoms with Gasteiger partial charge in [0.15, 0.2) is 0 Å². The molecule has 0 radical (unpaired) electrons. The molecule has 0 aromatic carbocycles. The number of hydrogen-bond acceptors (Lipinski definition) is 3. The number of halogens is 2. The van der Waals surface area contributed by atoms with E-state index in [-0.39, 0.29) is 24.8 Å². The van der Waals surface area contributed by atoms with E-state index in [1.54, 1.807) is 0 Å². The van der Waals surface area contributed by atoms with E-state index in [1.807, 2.05) is 0 Å². The Morgan fingerprint density at radius 3 is 2.95 bits per heavy atom. The van der Waals surface area contributed by atoms with Crippen molar-refractivity contribution in [2.24, 2.45) is 5.92 Å². The minimum Gasteiger partial charge on any atom is -0.314 e. The van der Waals surface area contributed by atoms with Gasteiger partial charge in [0.2, 0.25) is 0 Å². The molecule has 3 nitrogen and oxygen atoms in total. The fraction of sp³-hybridized carbons (Fsp3) is 0.688. The lowest BCUT2D eigenvalue weighted by atomic mass is 9.85. The van der Waals surface area contributed by atoms with Crippen LogP contribution in [0.5, 0.6) is 0 Å². The van der Waals surface area contributed by atoms with Crippen LogP contribution in [0.25, 0.3) is 0 Å². The molecule has 21 heavy (non-hydrogen) atoms. The molecule has 1 aromatic rings. The lowest BCUT2D eigenvalue weighted by Crippen LogP contribution is -2.52. The number of piperidine rings is 2. The minimum atomic E-state index is 0. The summed E-state index contributed by atoms with van der Waals surface area (Å²) in [6, 6.07) is 7.14. The summed E-state index contributed by atoms with van der Waals surface area (Å²) in [5, 5.41) is 3.68. The third kappa shape index (κ3) is 5.10. The van der Waals surface area contributed by atoms with Crippen LogP contribution < -0.4 is 5.32 Å². The van der Waals surface area contributed by atoms with E-state index in [4.69, 9.17) is 0 Å². The van der Waals surface area contributed by atoms with E-state index in [0.717, 1.165) is 24.1 Å². The number of likely N-dealkylation sites (tertiary alicyclic amines) is 1. The Hall–Kier alpha value is -0.350. The number of nitrogens with one attached hydrogen (secondary N) is 1. The highest BCUT2D eigenvalue weighted by atomic mass is 35.5. The second-order valence-corrected chi connectivity index (χ2v) is 6.07. The Morgan fingerprint density at radius 1 is 1.29 bits per heavy atom. The monoisotopic (exact) mass is 331 g/mol. The molecule has 2 atom stereocenters. The van der Waals surface area contributed by atoms with Gasteiger partial charge < -0.3 is 10.2 Å². The molecule has 0 aliphatic carbocycles. The molecule has 3 heterocycles. The highest BCUT2D eigenvalue weighted by molar-refractivity contribution is 5.85. The summed E-state index contributed by atoms with van der Waals surface area (Å²) < 4.78 is 0. The smallest absolute Gasteiger partial charge is 0.0419 e. The second-order valence-electron chi connectivity index (χ2n) is 6.07. The third-order valence-corrected chi connectivity index (χ3v) is 4.61. The van der Waals surface area contributed by atoms with Gasteiger partial charge in [0, 0.05) is 36.9 Å². The molecule has 0 saturated carbocycles. The SMILES string of the molecule is Cc1cccc(CCN2CC[C@@H]3NCCC[C@@H]3C2)n1.Cl.Cl. The fourth-order valence-corrected chi connectivity index (χ4v) is 3.53. The van der Waals surface area contributed by atoms with Crippen LogP contribution in [0.3, 0.4) is 0 Å². The Balaban J connectivity index is 0.00000110. The summed E-state index contributed by atoms with van der Waals surface area (Å²) in [5.41, 5.74) is 2.37. The van der Waals surface area contributed by atoms with Gasteiger partial charge in [-0.05, 0) is 57.3 Å². The number of hydrogen-bond donors (Lipinski definition) is 1. The number of rotatable bonds is 3. The normalized spacial score (nSPS) is 25.4. The van der Waals surface area contributed by atoms with Gasteiger partial charge in [-0.15, -0.1) is 24.8 Å². The van der Waals surface area contributed by atoms with Crippen molar-refractivity contribution < 1.29 is 0 Å². The Bertz CT molecular complexity index is 428. The first-order valence-electron chi connectivity index (χ1n) is 7.69. The standard InChI is InChI=1S/C16H25N3.2ClH/c1-13-4-2-6-15(18-13)7-10-19-11-8-16-14(12-19)5-3-9-17-16;;/h2,4,6,14,16-17H,3,5,7-12H2,1H3;2*1H/t14-,16+;;/m1../s1. The Kier molecular flexibility index (Phi) is 7.96. The van der Waals surface area contributed by atoms with Crippen LogP contribution in [0.15, 0.2) is 18.2 Å². The molecule has 0 amide bonds. The van der Waals surface area contributed by atoms with E-state index >= 15 is 0 Å². The topological polar surface area (TPSA) is 28.2 Å². The van der Waals surface area contributed by atoms with Gasteiger partial charge in [-0.2, -0.15) is 0 Å². The second kappa shape index (κ2) is 8.94. The van der Waals surface area contributed by atoms with Crippen LogP contribution in [0.4, 0.5) is 0 Å². The van der Waals surface area contributed by atoms with Gasteiger partial charge >= 0.3 is 0 Å². The molecule has 2 saturated heterocycles. The lowest BCUT2D eigenvalue weighted by molar-refractivity contribution is 0.115. The van der Waals surface area contributed by atoms with E-state index < -0.39 is 0 Å². The van der Waals surface area contributed by atoms with Crippen LogP contribution in [-0.4, -0.2) is 42.1 Å². The van der Waals surface area contributed by atoms with Crippen molar-refractivity contribution >= 4 is 24.8 Å². The molecule has 1 N–H and O–H groups in total. The highest BCUT2D eigenvalue weighted by Crippen LogP contribution is 2.24. The van der Waals surface area contributed by atoms with Gasteiger partial charge in [-0.1, -0.05) is 6.07 Å². The molecule has 0 unspecified atom stereocenters. The average Bonchev–Trinajstić information content (AvgIpc) is 2.45. The van der Waals surface area contributed by atoms with Crippen LogP contribution in [0, 0.1) is 12.8 Å². The maximum Gasteiger partial charge on any atom is 0.0419 e. The molecule has 0 bridgehead atoms. The maximum atomic E-state index is 4.60. The maximum absolute atomic E-state index is 4.60. The van der Waals surface area contributed by atoms with E-state index in [9.17, 15) is 0 Å². The summed E-state index contributed by atoms with van der Waals surface area (Å²) >= 11 is 0. The van der Waals surface area contributed by atoms with Gasteiger partial charge in [0.25, 0.3) is 0 Å². The fourth-order valence-electron chi connectivity index (χ4n) is 3.53. The Labute approximate surface area is 140 Å². The molecule has 0 spiro atoms. The molecule has 2 fully saturated rings. The number of aryl methyl sites for hydroxylation is 1. The predicted octanol–water partition coefficient (Wildman–Crippen LogP) is 2.85. The van der Waals surface area contributed by atoms with Crippen molar-refractivity contribution in [3.8, 4) is 0 Å². The predicted molar refractivity (Wildman–Crippen MR) is 92.7 cm³/mol. The van der Waals surface area contributed by atoms with Gasteiger partial charge in [-0.3, -0.25) is 4.98 Å². The minimum absolute atomic E-state index is 0. The zero-order valence-corrected chi connectivity index (χ0v) is 14.4. The zero-order valence-electron chi connectivity index (χ0n) is 12.8. The van der Waals surface area contributed by atoms with Gasteiger partial charge in [0.05, 0.1) is 0 Å². The zero-order chi connectivity index (χ0) is 13.1. The number of pyridine rings is 1. The van der Waals surface area contributed by atoms with Crippen molar-refractivity contribution in [2.45, 2.75) is 38.6 Å². The first-order chi connectivity index (χ1) is 9.31. The average molecular weight is 332 g/mol. The molecule has 5 heteroatoms. The van der Waals surface area contributed by atoms with E-state index in [0.29, 0.717) is 0 Å². The van der Waals surface area contributed by atoms with Crippen LogP contribution in [0.2, 0.25) is 0 Å². The lowest BCUT2D eigenvalue weighted by Gasteiger charge is -2.41. The van der Waals surface area contributed by atoms with Crippen molar-refractivity contribution in [3.63, 3.8) is 0 Å². The Morgan fingerprint density at radius 2 is 2.14 bits per heavy atom. The van der Waals surface area contributed by atoms with Crippen molar-refractivity contribution in [2.75, 3.05) is 26.2 Å². The van der Waals surface area contributed by atoms with E-state index in [2.05, 4.69) is 40.3 Å². The van der Waals surface area contributed by atoms with Crippen molar-refractivity contribution in [1.29, 1.82) is 0 Å². The first-order valence-corrected chi connectivity index (χ1v) is 7.69. The first kappa shape index (κ1) is 18.7. The third-order valence-electron chi connectivity index (χ3n) is 4.61. The largest absolute Gasteiger partial charge is 0.314 e. The number of fused-ring (bicyclic) bond motifs is 1. The summed E-state index contributed by atoms with van der Waals surface area (Å²) in [6.45, 7) is 7.00. The highest BCUT2D eigenvalue weighted by Gasteiger charge is 2.30. The summed E-state index contributed by atoms with van der Waals surface area (Å²) in [4.78, 5) is 7.24. The quantitative estimate of drug-likeness (QED) is 0.923. The summed E-state index contributed by atoms with van der Waals surface area (Å²) in [7, 11) is 0. The molecule has 120 valence electrons. The molecule has 3 rings (SSSR count). The number of nitrogens with zero attached hydrogens (tertiary/aromatic N) is 2. The van der Waals surface area contributed by atoms with Crippen LogP contribution in [0.1, 0.15) is 30.7 Å². The molecule has 2 aliphatic rings. The summed E-state index contributed by atoms with van der Waals surface area (Å²) in [6.07, 6.45) is 5.18. The van der Waals surface area contributed by atoms with Crippen LogP contribution in [-0.2, 0) is 6.42 Å². The summed E-state index contributed by atoms with van der Waals surface area (Å²) in [5.74, 6) is 0.882. The van der Waals surface area contributed by atoms with Crippen LogP contribution >= 0.6 is 24.8 Å². The number of aromatic nitrogens is 1. The molecular weight excluding hydrogens is 305 g/mol. The van der Waals surface area contributed by atoms with Crippen molar-refractivity contribution in [3.05, 3.63) is 29.6 Å².